The first-order valence-corrected chi connectivity index (χ1v) is 5.83. The molecule has 1 aromatic heterocycles. The zero-order valence-electron chi connectivity index (χ0n) is 9.66. The Kier molecular flexibility index (Phi) is 3.93. The summed E-state index contributed by atoms with van der Waals surface area (Å²) in [4.78, 5) is 8.24. The van der Waals surface area contributed by atoms with Crippen molar-refractivity contribution < 1.29 is 0 Å². The fourth-order valence-electron chi connectivity index (χ4n) is 1.96. The van der Waals surface area contributed by atoms with E-state index in [2.05, 4.69) is 25.9 Å². The molecule has 2 heterocycles. The van der Waals surface area contributed by atoms with Gasteiger partial charge in [-0.15, -0.1) is 0 Å². The molecule has 0 bridgehead atoms. The van der Waals surface area contributed by atoms with Gasteiger partial charge in [-0.3, -0.25) is 0 Å². The second-order valence-electron chi connectivity index (χ2n) is 4.11. The summed E-state index contributed by atoms with van der Waals surface area (Å²) in [5.74, 6) is 2.56. The van der Waals surface area contributed by atoms with Crippen LogP contribution in [0.5, 0.6) is 0 Å². The molecule has 0 spiro atoms. The van der Waals surface area contributed by atoms with Crippen LogP contribution in [0.25, 0.3) is 0 Å². The highest BCUT2D eigenvalue weighted by Gasteiger charge is 2.13. The standard InChI is InChI=1S/C11H19N5/c1-12-10-6-11(16-8-15-10)14-5-3-9-2-4-13-7-9/h6,8-9,13H,2-5,7H2,1H3,(H2,12,14,15,16). The Morgan fingerprint density at radius 2 is 2.31 bits per heavy atom. The molecule has 1 aliphatic heterocycles. The van der Waals surface area contributed by atoms with Gasteiger partial charge < -0.3 is 16.0 Å². The Morgan fingerprint density at radius 1 is 1.44 bits per heavy atom. The summed E-state index contributed by atoms with van der Waals surface area (Å²) in [5, 5.41) is 9.70. The topological polar surface area (TPSA) is 61.9 Å². The monoisotopic (exact) mass is 221 g/mol. The van der Waals surface area contributed by atoms with E-state index in [9.17, 15) is 0 Å². The lowest BCUT2D eigenvalue weighted by Gasteiger charge is -2.10. The molecule has 1 aromatic rings. The predicted molar refractivity (Wildman–Crippen MR) is 65.7 cm³/mol. The van der Waals surface area contributed by atoms with E-state index >= 15 is 0 Å². The molecule has 1 aliphatic rings. The van der Waals surface area contributed by atoms with E-state index in [-0.39, 0.29) is 0 Å². The minimum absolute atomic E-state index is 0.818. The third-order valence-corrected chi connectivity index (χ3v) is 2.94. The quantitative estimate of drug-likeness (QED) is 0.690. The summed E-state index contributed by atoms with van der Waals surface area (Å²) in [5.41, 5.74) is 0. The van der Waals surface area contributed by atoms with Crippen LogP contribution in [0.1, 0.15) is 12.8 Å². The number of hydrogen-bond acceptors (Lipinski definition) is 5. The Bertz CT molecular complexity index is 322. The highest BCUT2D eigenvalue weighted by molar-refractivity contribution is 5.45. The van der Waals surface area contributed by atoms with Crippen LogP contribution in [-0.2, 0) is 0 Å². The number of nitrogens with one attached hydrogen (secondary N) is 3. The lowest BCUT2D eigenvalue weighted by molar-refractivity contribution is 0.549. The van der Waals surface area contributed by atoms with E-state index in [0.29, 0.717) is 0 Å². The Labute approximate surface area is 96.1 Å². The molecule has 1 unspecified atom stereocenters. The smallest absolute Gasteiger partial charge is 0.131 e. The van der Waals surface area contributed by atoms with Crippen LogP contribution < -0.4 is 16.0 Å². The van der Waals surface area contributed by atoms with Crippen molar-refractivity contribution >= 4 is 11.6 Å². The maximum absolute atomic E-state index is 4.17. The van der Waals surface area contributed by atoms with Crippen LogP contribution in [0, 0.1) is 5.92 Å². The highest BCUT2D eigenvalue weighted by Crippen LogP contribution is 2.13. The Hall–Kier alpha value is -1.36. The molecule has 0 aliphatic carbocycles. The summed E-state index contributed by atoms with van der Waals surface area (Å²) in [6, 6.07) is 1.92. The highest BCUT2D eigenvalue weighted by atomic mass is 15.1. The van der Waals surface area contributed by atoms with Crippen molar-refractivity contribution in [3.05, 3.63) is 12.4 Å². The second kappa shape index (κ2) is 5.65. The van der Waals surface area contributed by atoms with E-state index < -0.39 is 0 Å². The van der Waals surface area contributed by atoms with E-state index in [1.807, 2.05) is 13.1 Å². The summed E-state index contributed by atoms with van der Waals surface area (Å²) < 4.78 is 0. The van der Waals surface area contributed by atoms with E-state index in [0.717, 1.165) is 30.6 Å². The molecule has 1 fully saturated rings. The molecule has 0 amide bonds. The largest absolute Gasteiger partial charge is 0.373 e. The lowest BCUT2D eigenvalue weighted by Crippen LogP contribution is -2.13. The second-order valence-corrected chi connectivity index (χ2v) is 4.11. The van der Waals surface area contributed by atoms with Crippen LogP contribution in [-0.4, -0.2) is 36.6 Å². The third kappa shape index (κ3) is 3.06. The van der Waals surface area contributed by atoms with Gasteiger partial charge in [-0.05, 0) is 31.8 Å². The average Bonchev–Trinajstić information content (AvgIpc) is 2.82. The van der Waals surface area contributed by atoms with Gasteiger partial charge in [0.25, 0.3) is 0 Å². The SMILES string of the molecule is CNc1cc(NCCC2CCNC2)ncn1. The molecule has 3 N–H and O–H groups in total. The first kappa shape index (κ1) is 11.1. The van der Waals surface area contributed by atoms with Crippen molar-refractivity contribution in [2.75, 3.05) is 37.3 Å². The van der Waals surface area contributed by atoms with Crippen LogP contribution >= 0.6 is 0 Å². The van der Waals surface area contributed by atoms with Gasteiger partial charge >= 0.3 is 0 Å². The van der Waals surface area contributed by atoms with Crippen LogP contribution in [0.4, 0.5) is 11.6 Å². The summed E-state index contributed by atoms with van der Waals surface area (Å²) in [6.07, 6.45) is 4.07. The minimum Gasteiger partial charge on any atom is -0.373 e. The van der Waals surface area contributed by atoms with Crippen molar-refractivity contribution in [2.24, 2.45) is 5.92 Å². The fourth-order valence-corrected chi connectivity index (χ4v) is 1.96. The minimum atomic E-state index is 0.818. The maximum atomic E-state index is 4.17. The molecule has 2 rings (SSSR count). The fraction of sp³-hybridized carbons (Fsp3) is 0.636. The lowest BCUT2D eigenvalue weighted by atomic mass is 10.1. The molecular formula is C11H19N5. The molecule has 88 valence electrons. The van der Waals surface area contributed by atoms with Gasteiger partial charge in [-0.2, -0.15) is 0 Å². The molecule has 5 nitrogen and oxygen atoms in total. The summed E-state index contributed by atoms with van der Waals surface area (Å²) in [6.45, 7) is 3.31. The van der Waals surface area contributed by atoms with Crippen molar-refractivity contribution in [3.63, 3.8) is 0 Å². The van der Waals surface area contributed by atoms with Crippen molar-refractivity contribution in [2.45, 2.75) is 12.8 Å². The molecule has 5 heteroatoms. The predicted octanol–water partition coefficient (Wildman–Crippen LogP) is 0.930. The average molecular weight is 221 g/mol. The van der Waals surface area contributed by atoms with Crippen LogP contribution in [0.15, 0.2) is 12.4 Å². The van der Waals surface area contributed by atoms with Crippen molar-refractivity contribution in [3.8, 4) is 0 Å². The number of anilines is 2. The molecule has 0 saturated carbocycles. The van der Waals surface area contributed by atoms with Crippen LogP contribution in [0.2, 0.25) is 0 Å². The molecule has 0 radical (unpaired) electrons. The first-order chi connectivity index (χ1) is 7.88. The van der Waals surface area contributed by atoms with Gasteiger partial charge in [0.05, 0.1) is 0 Å². The normalized spacial score (nSPS) is 19.7. The summed E-state index contributed by atoms with van der Waals surface area (Å²) >= 11 is 0. The first-order valence-electron chi connectivity index (χ1n) is 5.83. The van der Waals surface area contributed by atoms with Gasteiger partial charge in [-0.25, -0.2) is 9.97 Å². The van der Waals surface area contributed by atoms with Gasteiger partial charge in [-0.1, -0.05) is 0 Å². The molecular weight excluding hydrogens is 202 g/mol. The molecule has 1 saturated heterocycles. The van der Waals surface area contributed by atoms with E-state index in [4.69, 9.17) is 0 Å². The number of aromatic nitrogens is 2. The van der Waals surface area contributed by atoms with Crippen LogP contribution in [0.3, 0.4) is 0 Å². The van der Waals surface area contributed by atoms with Gasteiger partial charge in [0.1, 0.15) is 18.0 Å². The molecule has 16 heavy (non-hydrogen) atoms. The maximum Gasteiger partial charge on any atom is 0.131 e. The van der Waals surface area contributed by atoms with Gasteiger partial charge in [0.15, 0.2) is 0 Å². The third-order valence-electron chi connectivity index (χ3n) is 2.94. The zero-order valence-corrected chi connectivity index (χ0v) is 9.66. The zero-order chi connectivity index (χ0) is 11.2. The van der Waals surface area contributed by atoms with Gasteiger partial charge in [0, 0.05) is 19.7 Å². The Balaban J connectivity index is 1.75. The van der Waals surface area contributed by atoms with Crippen molar-refractivity contribution in [1.82, 2.24) is 15.3 Å². The number of rotatable bonds is 5. The van der Waals surface area contributed by atoms with E-state index in [1.165, 1.54) is 19.4 Å². The van der Waals surface area contributed by atoms with Crippen molar-refractivity contribution in [1.29, 1.82) is 0 Å². The Morgan fingerprint density at radius 3 is 3.06 bits per heavy atom. The number of nitrogens with zero attached hydrogens (tertiary/aromatic N) is 2. The van der Waals surface area contributed by atoms with Gasteiger partial charge in [0.2, 0.25) is 0 Å². The van der Waals surface area contributed by atoms with E-state index in [1.54, 1.807) is 6.33 Å². The summed E-state index contributed by atoms with van der Waals surface area (Å²) in [7, 11) is 1.86. The molecule has 1 atom stereocenters. The number of hydrogen-bond donors (Lipinski definition) is 3. The molecule has 0 aromatic carbocycles.